The molecule has 3 aromatic rings. The van der Waals surface area contributed by atoms with Gasteiger partial charge in [0.05, 0.1) is 31.5 Å². The van der Waals surface area contributed by atoms with Crippen LogP contribution in [0, 0.1) is 0 Å². The summed E-state index contributed by atoms with van der Waals surface area (Å²) in [5, 5.41) is 11.4. The standard InChI is InChI=1S/C13H14N2O3S.C7H10N2O2S/c1-17-12(16)10-4-2-3-5-11(10)18-7-6-9-8-19-13(14)15-9;1-2-5-4(3-6(10)11)9-7(8)12-5/h2-5,8H,6-7H2,1H3,(H2,14,15);2-3H2,1H3,(H2,8,9)(H,10,11). The van der Waals surface area contributed by atoms with E-state index in [0.717, 1.165) is 17.0 Å². The number of methoxy groups -OCH3 is 1. The van der Waals surface area contributed by atoms with E-state index in [4.69, 9.17) is 26.0 Å². The number of nitrogen functional groups attached to an aromatic ring is 2. The third kappa shape index (κ3) is 7.54. The molecular formula is C20H24N4O5S2. The molecule has 0 spiro atoms. The van der Waals surface area contributed by atoms with Gasteiger partial charge in [-0.1, -0.05) is 19.1 Å². The van der Waals surface area contributed by atoms with Crippen LogP contribution >= 0.6 is 22.7 Å². The number of hydrogen-bond donors (Lipinski definition) is 3. The molecule has 5 N–H and O–H groups in total. The Balaban J connectivity index is 0.000000245. The zero-order valence-corrected chi connectivity index (χ0v) is 18.8. The van der Waals surface area contributed by atoms with E-state index in [2.05, 4.69) is 9.97 Å². The number of carboxylic acids is 1. The Kier molecular flexibility index (Phi) is 9.22. The second kappa shape index (κ2) is 11.9. The van der Waals surface area contributed by atoms with Crippen LogP contribution < -0.4 is 16.2 Å². The van der Waals surface area contributed by atoms with Crippen molar-refractivity contribution in [1.82, 2.24) is 9.97 Å². The van der Waals surface area contributed by atoms with Crippen LogP contribution in [-0.4, -0.2) is 40.7 Å². The number of nitrogens with two attached hydrogens (primary N) is 2. The summed E-state index contributed by atoms with van der Waals surface area (Å²) in [7, 11) is 1.34. The van der Waals surface area contributed by atoms with Crippen molar-refractivity contribution in [2.24, 2.45) is 0 Å². The number of carboxylic acid groups (broad SMARTS) is 1. The maximum atomic E-state index is 11.5. The molecule has 0 fully saturated rings. The number of benzene rings is 1. The number of hydrogen-bond acceptors (Lipinski definition) is 10. The summed E-state index contributed by atoms with van der Waals surface area (Å²) in [5.41, 5.74) is 12.9. The number of carbonyl (C=O) groups is 2. The van der Waals surface area contributed by atoms with E-state index in [1.165, 1.54) is 29.8 Å². The Bertz CT molecular complexity index is 1020. The Morgan fingerprint density at radius 1 is 1.16 bits per heavy atom. The third-order valence-electron chi connectivity index (χ3n) is 3.91. The van der Waals surface area contributed by atoms with Crippen LogP contribution in [0.25, 0.3) is 0 Å². The molecule has 1 aromatic carbocycles. The average molecular weight is 465 g/mol. The number of aromatic nitrogens is 2. The predicted octanol–water partition coefficient (Wildman–Crippen LogP) is 3.05. The van der Waals surface area contributed by atoms with Crippen molar-refractivity contribution in [3.8, 4) is 5.75 Å². The molecule has 0 radical (unpaired) electrons. The van der Waals surface area contributed by atoms with Gasteiger partial charge in [-0.3, -0.25) is 4.79 Å². The summed E-state index contributed by atoms with van der Waals surface area (Å²) < 4.78 is 10.3. The second-order valence-electron chi connectivity index (χ2n) is 6.11. The maximum Gasteiger partial charge on any atom is 0.341 e. The fraction of sp³-hybridized carbons (Fsp3) is 0.300. The van der Waals surface area contributed by atoms with Gasteiger partial charge in [0.15, 0.2) is 10.3 Å². The molecule has 2 heterocycles. The van der Waals surface area contributed by atoms with Crippen LogP contribution in [0.15, 0.2) is 29.6 Å². The van der Waals surface area contributed by atoms with Crippen molar-refractivity contribution in [3.05, 3.63) is 51.5 Å². The number of carbonyl (C=O) groups excluding carboxylic acids is 1. The number of esters is 1. The summed E-state index contributed by atoms with van der Waals surface area (Å²) in [6, 6.07) is 6.98. The molecule has 0 amide bonds. The summed E-state index contributed by atoms with van der Waals surface area (Å²) >= 11 is 2.76. The highest BCUT2D eigenvalue weighted by atomic mass is 32.1. The van der Waals surface area contributed by atoms with Gasteiger partial charge in [-0.05, 0) is 18.6 Å². The molecule has 0 aliphatic carbocycles. The van der Waals surface area contributed by atoms with Gasteiger partial charge < -0.3 is 26.0 Å². The van der Waals surface area contributed by atoms with E-state index in [1.54, 1.807) is 18.2 Å². The van der Waals surface area contributed by atoms with Crippen molar-refractivity contribution in [1.29, 1.82) is 0 Å². The summed E-state index contributed by atoms with van der Waals surface area (Å²) in [4.78, 5) is 31.0. The van der Waals surface area contributed by atoms with E-state index in [-0.39, 0.29) is 6.42 Å². The van der Waals surface area contributed by atoms with Crippen LogP contribution in [0.3, 0.4) is 0 Å². The molecule has 0 bridgehead atoms. The van der Waals surface area contributed by atoms with Gasteiger partial charge in [-0.25, -0.2) is 14.8 Å². The lowest BCUT2D eigenvalue weighted by Crippen LogP contribution is -2.08. The van der Waals surface area contributed by atoms with Crippen LogP contribution in [0.5, 0.6) is 5.75 Å². The van der Waals surface area contributed by atoms with Crippen LogP contribution in [-0.2, 0) is 28.8 Å². The summed E-state index contributed by atoms with van der Waals surface area (Å²) in [6.07, 6.45) is 1.40. The smallest absolute Gasteiger partial charge is 0.341 e. The molecule has 0 aliphatic rings. The van der Waals surface area contributed by atoms with Crippen molar-refractivity contribution < 1.29 is 24.2 Å². The topological polar surface area (TPSA) is 151 Å². The molecule has 0 atom stereocenters. The number of para-hydroxylation sites is 1. The van der Waals surface area contributed by atoms with Gasteiger partial charge in [0.1, 0.15) is 11.3 Å². The number of anilines is 2. The first-order valence-electron chi connectivity index (χ1n) is 9.29. The number of thiazole rings is 2. The molecule has 0 saturated carbocycles. The lowest BCUT2D eigenvalue weighted by atomic mass is 10.2. The van der Waals surface area contributed by atoms with Crippen LogP contribution in [0.2, 0.25) is 0 Å². The van der Waals surface area contributed by atoms with Gasteiger partial charge in [0.2, 0.25) is 0 Å². The number of rotatable bonds is 8. The molecule has 0 aliphatic heterocycles. The molecule has 31 heavy (non-hydrogen) atoms. The monoisotopic (exact) mass is 464 g/mol. The fourth-order valence-electron chi connectivity index (χ4n) is 2.54. The number of aryl methyl sites for hydroxylation is 1. The van der Waals surface area contributed by atoms with Crippen molar-refractivity contribution in [2.45, 2.75) is 26.2 Å². The molecule has 3 rings (SSSR count). The van der Waals surface area contributed by atoms with Crippen molar-refractivity contribution >= 4 is 44.9 Å². The minimum absolute atomic E-state index is 0.0309. The molecule has 11 heteroatoms. The average Bonchev–Trinajstić information content (AvgIpc) is 3.32. The highest BCUT2D eigenvalue weighted by Gasteiger charge is 2.12. The lowest BCUT2D eigenvalue weighted by Gasteiger charge is -2.09. The first-order valence-corrected chi connectivity index (χ1v) is 11.0. The minimum atomic E-state index is -0.866. The zero-order chi connectivity index (χ0) is 22.8. The van der Waals surface area contributed by atoms with Gasteiger partial charge in [-0.15, -0.1) is 22.7 Å². The SMILES string of the molecule is CCc1sc(N)nc1CC(=O)O.COC(=O)c1ccccc1OCCc1csc(N)n1. The maximum absolute atomic E-state index is 11.5. The zero-order valence-electron chi connectivity index (χ0n) is 17.2. The van der Waals surface area contributed by atoms with E-state index < -0.39 is 11.9 Å². The molecule has 0 saturated heterocycles. The highest BCUT2D eigenvalue weighted by Crippen LogP contribution is 2.21. The van der Waals surface area contributed by atoms with Gasteiger partial charge in [0, 0.05) is 16.7 Å². The number of ether oxygens (including phenoxy) is 2. The largest absolute Gasteiger partial charge is 0.492 e. The van der Waals surface area contributed by atoms with Crippen LogP contribution in [0.4, 0.5) is 10.3 Å². The normalized spacial score (nSPS) is 10.1. The lowest BCUT2D eigenvalue weighted by molar-refractivity contribution is -0.136. The van der Waals surface area contributed by atoms with Crippen molar-refractivity contribution in [3.63, 3.8) is 0 Å². The Morgan fingerprint density at radius 2 is 1.90 bits per heavy atom. The van der Waals surface area contributed by atoms with Gasteiger partial charge in [-0.2, -0.15) is 0 Å². The molecule has 2 aromatic heterocycles. The first-order chi connectivity index (χ1) is 14.8. The van der Waals surface area contributed by atoms with Gasteiger partial charge in [0.25, 0.3) is 0 Å². The van der Waals surface area contributed by atoms with E-state index in [1.807, 2.05) is 18.4 Å². The van der Waals surface area contributed by atoms with E-state index >= 15 is 0 Å². The second-order valence-corrected chi connectivity index (χ2v) is 8.11. The van der Waals surface area contributed by atoms with E-state index in [0.29, 0.717) is 40.3 Å². The number of aliphatic carboxylic acids is 1. The third-order valence-corrected chi connectivity index (χ3v) is 5.71. The first kappa shape index (κ1) is 24.1. The van der Waals surface area contributed by atoms with Crippen LogP contribution in [0.1, 0.15) is 33.5 Å². The summed E-state index contributed by atoms with van der Waals surface area (Å²) in [6.45, 7) is 2.38. The van der Waals surface area contributed by atoms with Gasteiger partial charge >= 0.3 is 11.9 Å². The van der Waals surface area contributed by atoms with E-state index in [9.17, 15) is 9.59 Å². The predicted molar refractivity (Wildman–Crippen MR) is 121 cm³/mol. The Labute approximate surface area is 187 Å². The highest BCUT2D eigenvalue weighted by molar-refractivity contribution is 7.15. The number of nitrogens with zero attached hydrogens (tertiary/aromatic N) is 2. The molecule has 0 unspecified atom stereocenters. The van der Waals surface area contributed by atoms with Crippen molar-refractivity contribution in [2.75, 3.05) is 25.2 Å². The quantitative estimate of drug-likeness (QED) is 0.427. The minimum Gasteiger partial charge on any atom is -0.492 e. The Hall–Kier alpha value is -3.18. The molecular weight excluding hydrogens is 440 g/mol. The Morgan fingerprint density at radius 3 is 2.52 bits per heavy atom. The molecule has 166 valence electrons. The fourth-order valence-corrected chi connectivity index (χ4v) is 3.92. The summed E-state index contributed by atoms with van der Waals surface area (Å²) in [5.74, 6) is -0.763. The molecule has 9 nitrogen and oxygen atoms in total.